The maximum Gasteiger partial charge on any atom is 0.217 e. The minimum Gasteiger partial charge on any atom is -0.354 e. The number of thiazole rings is 1. The maximum atomic E-state index is 10.9. The van der Waals surface area contributed by atoms with Crippen molar-refractivity contribution in [3.05, 3.63) is 41.4 Å². The lowest BCUT2D eigenvalue weighted by Crippen LogP contribution is -2.31. The van der Waals surface area contributed by atoms with Crippen LogP contribution in [0.15, 0.2) is 35.8 Å². The molecule has 1 N–H and O–H groups in total. The summed E-state index contributed by atoms with van der Waals surface area (Å²) in [5.41, 5.74) is 2.36. The van der Waals surface area contributed by atoms with E-state index in [1.165, 1.54) is 5.56 Å². The summed E-state index contributed by atoms with van der Waals surface area (Å²) in [6, 6.07) is 8.50. The minimum atomic E-state index is 0.0157. The molecule has 1 heterocycles. The molecule has 0 saturated heterocycles. The van der Waals surface area contributed by atoms with Crippen LogP contribution in [0.3, 0.4) is 0 Å². The van der Waals surface area contributed by atoms with Gasteiger partial charge in [-0.15, -0.1) is 11.3 Å². The summed E-state index contributed by atoms with van der Waals surface area (Å²) in [7, 11) is 0. The highest BCUT2D eigenvalue weighted by molar-refractivity contribution is 7.13. The van der Waals surface area contributed by atoms with E-state index in [2.05, 4.69) is 34.6 Å². The van der Waals surface area contributed by atoms with Crippen LogP contribution in [0, 0.1) is 0 Å². The van der Waals surface area contributed by atoms with E-state index in [0.717, 1.165) is 17.0 Å². The fourth-order valence-electron chi connectivity index (χ4n) is 1.90. The van der Waals surface area contributed by atoms with Crippen molar-refractivity contribution >= 4 is 17.2 Å². The van der Waals surface area contributed by atoms with E-state index in [1.807, 2.05) is 18.5 Å². The Bertz CT molecular complexity index is 505. The van der Waals surface area contributed by atoms with Gasteiger partial charge in [0, 0.05) is 30.1 Å². The van der Waals surface area contributed by atoms with Gasteiger partial charge in [-0.25, -0.2) is 4.98 Å². The van der Waals surface area contributed by atoms with Crippen LogP contribution in [0.25, 0.3) is 10.6 Å². The van der Waals surface area contributed by atoms with Crippen molar-refractivity contribution in [1.82, 2.24) is 10.3 Å². The molecule has 0 aliphatic rings. The zero-order valence-corrected chi connectivity index (χ0v) is 11.3. The fourth-order valence-corrected chi connectivity index (χ4v) is 2.55. The van der Waals surface area contributed by atoms with E-state index < -0.39 is 0 Å². The normalized spacial score (nSPS) is 12.1. The minimum absolute atomic E-state index is 0.0157. The van der Waals surface area contributed by atoms with Gasteiger partial charge in [-0.1, -0.05) is 24.3 Å². The molecular formula is C14H16N2OS. The first-order valence-electron chi connectivity index (χ1n) is 5.91. The van der Waals surface area contributed by atoms with Crippen LogP contribution in [0.5, 0.6) is 0 Å². The number of rotatable bonds is 4. The third-order valence-electron chi connectivity index (χ3n) is 2.62. The van der Waals surface area contributed by atoms with E-state index in [1.54, 1.807) is 18.3 Å². The van der Waals surface area contributed by atoms with Crippen molar-refractivity contribution in [3.8, 4) is 10.6 Å². The summed E-state index contributed by atoms with van der Waals surface area (Å²) in [6.07, 6.45) is 2.66. The molecule has 3 nitrogen and oxygen atoms in total. The molecular weight excluding hydrogens is 244 g/mol. The Balaban J connectivity index is 2.02. The van der Waals surface area contributed by atoms with Crippen molar-refractivity contribution in [2.24, 2.45) is 0 Å². The third-order valence-corrected chi connectivity index (χ3v) is 3.45. The predicted molar refractivity (Wildman–Crippen MR) is 74.5 cm³/mol. The van der Waals surface area contributed by atoms with Crippen LogP contribution >= 0.6 is 11.3 Å². The van der Waals surface area contributed by atoms with Gasteiger partial charge in [-0.05, 0) is 18.9 Å². The molecule has 18 heavy (non-hydrogen) atoms. The Morgan fingerprint density at radius 3 is 2.67 bits per heavy atom. The third kappa shape index (κ3) is 3.40. The predicted octanol–water partition coefficient (Wildman–Crippen LogP) is 2.88. The first kappa shape index (κ1) is 12.8. The standard InChI is InChI=1S/C14H16N2OS/c1-10(16-11(2)17)9-12-3-5-13(6-4-12)14-15-7-8-18-14/h3-8,10H,9H2,1-2H3,(H,16,17). The van der Waals surface area contributed by atoms with Gasteiger partial charge in [-0.2, -0.15) is 0 Å². The molecule has 0 radical (unpaired) electrons. The number of benzene rings is 1. The number of hydrogen-bond acceptors (Lipinski definition) is 3. The van der Waals surface area contributed by atoms with Gasteiger partial charge in [0.05, 0.1) is 0 Å². The zero-order valence-electron chi connectivity index (χ0n) is 10.5. The molecule has 0 aliphatic carbocycles. The molecule has 1 atom stereocenters. The highest BCUT2D eigenvalue weighted by atomic mass is 32.1. The van der Waals surface area contributed by atoms with Crippen LogP contribution < -0.4 is 5.32 Å². The Hall–Kier alpha value is -1.68. The van der Waals surface area contributed by atoms with E-state index in [-0.39, 0.29) is 11.9 Å². The van der Waals surface area contributed by atoms with E-state index in [4.69, 9.17) is 0 Å². The SMILES string of the molecule is CC(=O)NC(C)Cc1ccc(-c2nccs2)cc1. The molecule has 1 aromatic heterocycles. The highest BCUT2D eigenvalue weighted by Gasteiger charge is 2.05. The van der Waals surface area contributed by atoms with E-state index in [9.17, 15) is 4.79 Å². The lowest BCUT2D eigenvalue weighted by Gasteiger charge is -2.12. The second-order valence-electron chi connectivity index (χ2n) is 4.34. The average Bonchev–Trinajstić information content (AvgIpc) is 2.82. The van der Waals surface area contributed by atoms with Crippen molar-refractivity contribution < 1.29 is 4.79 Å². The number of aromatic nitrogens is 1. The molecule has 0 spiro atoms. The molecule has 1 amide bonds. The fraction of sp³-hybridized carbons (Fsp3) is 0.286. The highest BCUT2D eigenvalue weighted by Crippen LogP contribution is 2.22. The molecule has 4 heteroatoms. The maximum absolute atomic E-state index is 10.9. The number of carbonyl (C=O) groups is 1. The van der Waals surface area contributed by atoms with E-state index in [0.29, 0.717) is 0 Å². The zero-order chi connectivity index (χ0) is 13.0. The molecule has 0 fully saturated rings. The lowest BCUT2D eigenvalue weighted by molar-refractivity contribution is -0.119. The Morgan fingerprint density at radius 1 is 1.39 bits per heavy atom. The molecule has 0 bridgehead atoms. The van der Waals surface area contributed by atoms with Gasteiger partial charge >= 0.3 is 0 Å². The van der Waals surface area contributed by atoms with Crippen LogP contribution in [0.1, 0.15) is 19.4 Å². The molecule has 0 aliphatic heterocycles. The van der Waals surface area contributed by atoms with Gasteiger partial charge in [0.25, 0.3) is 0 Å². The monoisotopic (exact) mass is 260 g/mol. The second-order valence-corrected chi connectivity index (χ2v) is 5.23. The number of carbonyl (C=O) groups excluding carboxylic acids is 1. The number of amides is 1. The largest absolute Gasteiger partial charge is 0.354 e. The molecule has 94 valence electrons. The van der Waals surface area contributed by atoms with Crippen molar-refractivity contribution in [3.63, 3.8) is 0 Å². The van der Waals surface area contributed by atoms with Crippen LogP contribution in [-0.4, -0.2) is 16.9 Å². The molecule has 2 rings (SSSR count). The topological polar surface area (TPSA) is 42.0 Å². The van der Waals surface area contributed by atoms with Gasteiger partial charge in [0.1, 0.15) is 5.01 Å². The Morgan fingerprint density at radius 2 is 2.11 bits per heavy atom. The summed E-state index contributed by atoms with van der Waals surface area (Å²) in [5.74, 6) is 0.0157. The molecule has 2 aromatic rings. The Kier molecular flexibility index (Phi) is 4.10. The molecule has 1 unspecified atom stereocenters. The summed E-state index contributed by atoms with van der Waals surface area (Å²) >= 11 is 1.64. The summed E-state index contributed by atoms with van der Waals surface area (Å²) in [6.45, 7) is 3.55. The van der Waals surface area contributed by atoms with Crippen LogP contribution in [-0.2, 0) is 11.2 Å². The van der Waals surface area contributed by atoms with Gasteiger partial charge in [-0.3, -0.25) is 4.79 Å². The summed E-state index contributed by atoms with van der Waals surface area (Å²) in [5, 5.41) is 5.90. The Labute approximate surface area is 111 Å². The van der Waals surface area contributed by atoms with Crippen molar-refractivity contribution in [1.29, 1.82) is 0 Å². The quantitative estimate of drug-likeness (QED) is 0.918. The van der Waals surface area contributed by atoms with E-state index >= 15 is 0 Å². The first-order chi connectivity index (χ1) is 8.65. The van der Waals surface area contributed by atoms with Crippen molar-refractivity contribution in [2.45, 2.75) is 26.3 Å². The average molecular weight is 260 g/mol. The van der Waals surface area contributed by atoms with Crippen LogP contribution in [0.2, 0.25) is 0 Å². The summed E-state index contributed by atoms with van der Waals surface area (Å²) < 4.78 is 0. The lowest BCUT2D eigenvalue weighted by atomic mass is 10.1. The summed E-state index contributed by atoms with van der Waals surface area (Å²) in [4.78, 5) is 15.2. The number of nitrogens with zero attached hydrogens (tertiary/aromatic N) is 1. The second kappa shape index (κ2) is 5.78. The molecule has 0 saturated carbocycles. The van der Waals surface area contributed by atoms with Crippen molar-refractivity contribution in [2.75, 3.05) is 0 Å². The van der Waals surface area contributed by atoms with Gasteiger partial charge in [0.2, 0.25) is 5.91 Å². The van der Waals surface area contributed by atoms with Crippen LogP contribution in [0.4, 0.5) is 0 Å². The van der Waals surface area contributed by atoms with Gasteiger partial charge in [0.15, 0.2) is 0 Å². The molecule has 1 aromatic carbocycles. The smallest absolute Gasteiger partial charge is 0.217 e. The number of nitrogens with one attached hydrogen (secondary N) is 1. The first-order valence-corrected chi connectivity index (χ1v) is 6.79. The van der Waals surface area contributed by atoms with Gasteiger partial charge < -0.3 is 5.32 Å². The number of hydrogen-bond donors (Lipinski definition) is 1.